The van der Waals surface area contributed by atoms with Crippen LogP contribution in [0.4, 0.5) is 5.82 Å². The zero-order valence-electron chi connectivity index (χ0n) is 15.5. The minimum absolute atomic E-state index is 0.0107. The number of rotatable bonds is 4. The van der Waals surface area contributed by atoms with E-state index in [-0.39, 0.29) is 42.6 Å². The summed E-state index contributed by atoms with van der Waals surface area (Å²) in [6.07, 6.45) is 0. The lowest BCUT2D eigenvalue weighted by atomic mass is 10.3. The lowest BCUT2D eigenvalue weighted by molar-refractivity contribution is 0.0696. The summed E-state index contributed by atoms with van der Waals surface area (Å²) in [6, 6.07) is 9.27. The molecule has 0 aliphatic rings. The van der Waals surface area contributed by atoms with Gasteiger partial charge in [0.15, 0.2) is 5.03 Å². The van der Waals surface area contributed by atoms with E-state index >= 15 is 0 Å². The number of aromatic nitrogens is 3. The second kappa shape index (κ2) is 10.7. The van der Waals surface area contributed by atoms with Gasteiger partial charge in [0.25, 0.3) is 15.9 Å². The van der Waals surface area contributed by atoms with Gasteiger partial charge in [0, 0.05) is 0 Å². The summed E-state index contributed by atoms with van der Waals surface area (Å²) in [5.41, 5.74) is 5.23. The zero-order valence-corrected chi connectivity index (χ0v) is 19.3. The molecule has 4 N–H and O–H groups in total. The molecule has 0 saturated carbocycles. The van der Waals surface area contributed by atoms with Crippen molar-refractivity contribution < 1.29 is 23.1 Å². The van der Waals surface area contributed by atoms with Crippen LogP contribution in [0.1, 0.15) is 20.7 Å². The Kier molecular flexibility index (Phi) is 8.58. The molecule has 3 aromatic rings. The summed E-state index contributed by atoms with van der Waals surface area (Å²) in [5.74, 6) is -2.05. The fourth-order valence-electron chi connectivity index (χ4n) is 1.96. The van der Waals surface area contributed by atoms with Gasteiger partial charge in [-0.05, 0) is 36.4 Å². The van der Waals surface area contributed by atoms with Crippen molar-refractivity contribution in [2.75, 3.05) is 5.73 Å². The van der Waals surface area contributed by atoms with Crippen LogP contribution < -0.4 is 10.5 Å². The average Bonchev–Trinajstić information content (AvgIpc) is 2.67. The normalized spacial score (nSPS) is 10.6. The number of aromatic carboxylic acids is 1. The van der Waals surface area contributed by atoms with E-state index in [1.54, 1.807) is 0 Å². The van der Waals surface area contributed by atoms with E-state index in [1.807, 2.05) is 4.72 Å². The van der Waals surface area contributed by atoms with Gasteiger partial charge in [-0.3, -0.25) is 4.79 Å². The predicted molar refractivity (Wildman–Crippen MR) is 119 cm³/mol. The second-order valence-electron chi connectivity index (χ2n) is 5.59. The highest BCUT2D eigenvalue weighted by molar-refractivity contribution is 7.90. The first-order valence-corrected chi connectivity index (χ1v) is 11.1. The van der Waals surface area contributed by atoms with Crippen molar-refractivity contribution in [3.8, 4) is 0 Å². The molecule has 0 aliphatic carbocycles. The first-order valence-electron chi connectivity index (χ1n) is 8.08. The molecule has 10 nitrogen and oxygen atoms in total. The Morgan fingerprint density at radius 1 is 0.844 bits per heavy atom. The Hall–Kier alpha value is -2.70. The van der Waals surface area contributed by atoms with Crippen LogP contribution in [0.2, 0.25) is 20.6 Å². The molecule has 0 bridgehead atoms. The largest absolute Gasteiger partial charge is 0.478 e. The van der Waals surface area contributed by atoms with E-state index in [2.05, 4.69) is 15.0 Å². The van der Waals surface area contributed by atoms with Gasteiger partial charge in [-0.1, -0.05) is 52.5 Å². The molecule has 0 saturated heterocycles. The van der Waals surface area contributed by atoms with E-state index in [4.69, 9.17) is 57.2 Å². The molecule has 0 aliphatic heterocycles. The monoisotopic (exact) mass is 537 g/mol. The van der Waals surface area contributed by atoms with Gasteiger partial charge in [-0.25, -0.2) is 24.5 Å². The number of halogens is 4. The molecule has 0 aromatic carbocycles. The highest BCUT2D eigenvalue weighted by atomic mass is 35.5. The number of nitrogen functional groups attached to an aromatic ring is 1. The van der Waals surface area contributed by atoms with E-state index in [1.165, 1.54) is 42.5 Å². The van der Waals surface area contributed by atoms with Crippen LogP contribution in [0.5, 0.6) is 0 Å². The number of carbonyl (C=O) groups excluding carboxylic acids is 1. The van der Waals surface area contributed by atoms with Gasteiger partial charge in [0.05, 0.1) is 11.1 Å². The van der Waals surface area contributed by atoms with Crippen molar-refractivity contribution >= 4 is 74.1 Å². The van der Waals surface area contributed by atoms with Gasteiger partial charge in [-0.2, -0.15) is 8.42 Å². The number of carbonyl (C=O) groups is 2. The Morgan fingerprint density at radius 3 is 1.84 bits per heavy atom. The third-order valence-electron chi connectivity index (χ3n) is 3.35. The highest BCUT2D eigenvalue weighted by Gasteiger charge is 2.22. The summed E-state index contributed by atoms with van der Waals surface area (Å²) >= 11 is 22.2. The van der Waals surface area contributed by atoms with Gasteiger partial charge in [-0.15, -0.1) is 0 Å². The van der Waals surface area contributed by atoms with Crippen molar-refractivity contribution in [3.05, 3.63) is 74.2 Å². The minimum atomic E-state index is -4.17. The minimum Gasteiger partial charge on any atom is -0.478 e. The van der Waals surface area contributed by atoms with Gasteiger partial charge in [0.2, 0.25) is 0 Å². The molecule has 0 fully saturated rings. The van der Waals surface area contributed by atoms with E-state index in [0.29, 0.717) is 0 Å². The second-order valence-corrected chi connectivity index (χ2v) is 8.70. The van der Waals surface area contributed by atoms with Gasteiger partial charge >= 0.3 is 5.97 Å². The molecule has 15 heteroatoms. The number of pyridine rings is 3. The number of nitrogens with one attached hydrogen (secondary N) is 1. The van der Waals surface area contributed by atoms with E-state index < -0.39 is 21.9 Å². The van der Waals surface area contributed by atoms with Crippen LogP contribution in [0.15, 0.2) is 47.5 Å². The first-order chi connectivity index (χ1) is 14.9. The van der Waals surface area contributed by atoms with Crippen LogP contribution in [0, 0.1) is 0 Å². The first kappa shape index (κ1) is 25.6. The molecular weight excluding hydrogens is 528 g/mol. The number of nitrogens with zero attached hydrogens (tertiary/aromatic N) is 3. The Labute approximate surface area is 201 Å². The van der Waals surface area contributed by atoms with E-state index in [9.17, 15) is 18.0 Å². The van der Waals surface area contributed by atoms with E-state index in [0.717, 1.165) is 0 Å². The molecule has 0 unspecified atom stereocenters. The molecular formula is C17H11Cl4N5O5S. The van der Waals surface area contributed by atoms with Crippen molar-refractivity contribution in [2.24, 2.45) is 0 Å². The standard InChI is InChI=1S/C11H8Cl2N4O3S.C6H3Cl2NO2/c12-7-5-4-6(10(13)15-7)11(18)17-21(19,20)9-3-1-2-8(14)16-9;7-4-2-1-3(6(10)11)5(8)9-4/h1-5H,(H2,14,16)(H,17,18);1-2H,(H,10,11). The summed E-state index contributed by atoms with van der Waals surface area (Å²) in [4.78, 5) is 33.1. The molecule has 0 spiro atoms. The van der Waals surface area contributed by atoms with Crippen molar-refractivity contribution in [1.82, 2.24) is 19.7 Å². The predicted octanol–water partition coefficient (Wildman–Crippen LogP) is 3.57. The summed E-state index contributed by atoms with van der Waals surface area (Å²) < 4.78 is 25.8. The zero-order chi connectivity index (χ0) is 24.1. The maximum absolute atomic E-state index is 12.0. The number of hydrogen-bond acceptors (Lipinski definition) is 8. The summed E-state index contributed by atoms with van der Waals surface area (Å²) in [6.45, 7) is 0. The number of carboxylic acids is 1. The van der Waals surface area contributed by atoms with Crippen molar-refractivity contribution in [1.29, 1.82) is 0 Å². The number of anilines is 1. The lowest BCUT2D eigenvalue weighted by Gasteiger charge is -2.07. The highest BCUT2D eigenvalue weighted by Crippen LogP contribution is 2.18. The molecule has 3 aromatic heterocycles. The molecule has 0 radical (unpaired) electrons. The third kappa shape index (κ3) is 6.90. The molecule has 0 atom stereocenters. The molecule has 3 heterocycles. The molecule has 168 valence electrons. The lowest BCUT2D eigenvalue weighted by Crippen LogP contribution is -2.31. The smallest absolute Gasteiger partial charge is 0.338 e. The quantitative estimate of drug-likeness (QED) is 0.421. The van der Waals surface area contributed by atoms with Crippen LogP contribution in [0.3, 0.4) is 0 Å². The van der Waals surface area contributed by atoms with Crippen LogP contribution in [-0.2, 0) is 10.0 Å². The van der Waals surface area contributed by atoms with Crippen molar-refractivity contribution in [2.45, 2.75) is 5.03 Å². The number of sulfonamides is 1. The van der Waals surface area contributed by atoms with Crippen LogP contribution in [0.25, 0.3) is 0 Å². The van der Waals surface area contributed by atoms with Crippen LogP contribution in [-0.4, -0.2) is 40.4 Å². The SMILES string of the molecule is Nc1cccc(S(=O)(=O)NC(=O)c2ccc(Cl)nc2Cl)n1.O=C(O)c1ccc(Cl)nc1Cl. The summed E-state index contributed by atoms with van der Waals surface area (Å²) in [5, 5.41) is 8.06. The van der Waals surface area contributed by atoms with Crippen molar-refractivity contribution in [3.63, 3.8) is 0 Å². The van der Waals surface area contributed by atoms with Gasteiger partial charge < -0.3 is 10.8 Å². The molecule has 32 heavy (non-hydrogen) atoms. The fraction of sp³-hybridized carbons (Fsp3) is 0. The molecule has 3 rings (SSSR count). The Bertz CT molecular complexity index is 1290. The topological polar surface area (TPSA) is 165 Å². The number of nitrogens with two attached hydrogens (primary N) is 1. The van der Waals surface area contributed by atoms with Gasteiger partial charge in [0.1, 0.15) is 26.4 Å². The maximum Gasteiger partial charge on any atom is 0.338 e. The Balaban J connectivity index is 0.000000278. The Morgan fingerprint density at radius 2 is 1.38 bits per heavy atom. The maximum atomic E-state index is 12.0. The average molecular weight is 539 g/mol. The molecule has 1 amide bonds. The summed E-state index contributed by atoms with van der Waals surface area (Å²) in [7, 11) is -4.17. The number of amides is 1. The number of hydrogen-bond donors (Lipinski definition) is 3. The van der Waals surface area contributed by atoms with Crippen LogP contribution >= 0.6 is 46.4 Å². The fourth-order valence-corrected chi connectivity index (χ4v) is 3.76. The third-order valence-corrected chi connectivity index (χ3v) is 5.58. The number of carboxylic acid groups (broad SMARTS) is 1.